The number of esters is 1. The summed E-state index contributed by atoms with van der Waals surface area (Å²) in [6, 6.07) is 9.76. The number of methoxy groups -OCH3 is 1. The fourth-order valence-corrected chi connectivity index (χ4v) is 3.27. The first-order valence-corrected chi connectivity index (χ1v) is 8.84. The Hall–Kier alpha value is -1.09. The van der Waals surface area contributed by atoms with Crippen LogP contribution in [0.5, 0.6) is 0 Å². The monoisotopic (exact) mass is 332 g/mol. The number of carbonyl (C=O) groups is 1. The second-order valence-corrected chi connectivity index (χ2v) is 7.24. The van der Waals surface area contributed by atoms with E-state index in [2.05, 4.69) is 9.46 Å². The summed E-state index contributed by atoms with van der Waals surface area (Å²) in [6.45, 7) is 0.415. The third-order valence-electron chi connectivity index (χ3n) is 2.67. The molecule has 0 saturated carbocycles. The Labute approximate surface area is 130 Å². The lowest BCUT2D eigenvalue weighted by Crippen LogP contribution is -2.40. The van der Waals surface area contributed by atoms with E-state index in [1.54, 1.807) is 11.8 Å². The van der Waals surface area contributed by atoms with Gasteiger partial charge in [0.15, 0.2) is 0 Å². The zero-order valence-electron chi connectivity index (χ0n) is 12.1. The maximum absolute atomic E-state index is 11.9. The van der Waals surface area contributed by atoms with Gasteiger partial charge in [-0.05, 0) is 12.1 Å². The maximum atomic E-state index is 11.9. The van der Waals surface area contributed by atoms with Crippen molar-refractivity contribution >= 4 is 27.9 Å². The normalized spacial score (nSPS) is 11.6. The van der Waals surface area contributed by atoms with Crippen LogP contribution in [0.15, 0.2) is 35.2 Å². The molecule has 0 unspecified atom stereocenters. The smallest absolute Gasteiger partial charge is 0.306 e. The van der Waals surface area contributed by atoms with Crippen LogP contribution in [0.4, 0.5) is 0 Å². The van der Waals surface area contributed by atoms with E-state index in [4.69, 9.17) is 0 Å². The molecule has 118 valence electrons. The minimum atomic E-state index is -3.56. The zero-order chi connectivity index (χ0) is 15.7. The van der Waals surface area contributed by atoms with E-state index in [-0.39, 0.29) is 13.0 Å². The Morgan fingerprint density at radius 2 is 2.00 bits per heavy atom. The number of hydrogen-bond donors (Lipinski definition) is 1. The van der Waals surface area contributed by atoms with Crippen LogP contribution in [0.2, 0.25) is 0 Å². The average molecular weight is 332 g/mol. The summed E-state index contributed by atoms with van der Waals surface area (Å²) in [7, 11) is -0.856. The Balaban J connectivity index is 2.30. The molecular formula is C13H20N2O4S2. The van der Waals surface area contributed by atoms with Crippen LogP contribution in [-0.4, -0.2) is 51.7 Å². The van der Waals surface area contributed by atoms with Crippen molar-refractivity contribution in [2.75, 3.05) is 33.0 Å². The summed E-state index contributed by atoms with van der Waals surface area (Å²) in [5.74, 6) is 0.199. The number of hydrogen-bond acceptors (Lipinski definition) is 5. The molecule has 0 atom stereocenters. The molecule has 21 heavy (non-hydrogen) atoms. The summed E-state index contributed by atoms with van der Waals surface area (Å²) >= 11 is 1.58. The third-order valence-corrected chi connectivity index (χ3v) is 5.25. The summed E-state index contributed by atoms with van der Waals surface area (Å²) in [6.07, 6.45) is 0.0344. The van der Waals surface area contributed by atoms with Gasteiger partial charge in [-0.1, -0.05) is 18.2 Å². The van der Waals surface area contributed by atoms with Crippen molar-refractivity contribution in [3.05, 3.63) is 30.3 Å². The highest BCUT2D eigenvalue weighted by Gasteiger charge is 2.17. The molecule has 0 radical (unpaired) electrons. The molecule has 0 bridgehead atoms. The van der Waals surface area contributed by atoms with Crippen molar-refractivity contribution in [2.45, 2.75) is 11.3 Å². The van der Waals surface area contributed by atoms with Crippen molar-refractivity contribution in [2.24, 2.45) is 0 Å². The molecule has 0 aromatic heterocycles. The van der Waals surface area contributed by atoms with Crippen LogP contribution in [0.1, 0.15) is 6.42 Å². The Bertz CT molecular complexity index is 534. The molecule has 0 aliphatic heterocycles. The van der Waals surface area contributed by atoms with Gasteiger partial charge in [-0.3, -0.25) is 4.79 Å². The Kier molecular flexibility index (Phi) is 7.73. The van der Waals surface area contributed by atoms with E-state index >= 15 is 0 Å². The topological polar surface area (TPSA) is 75.7 Å². The van der Waals surface area contributed by atoms with Crippen molar-refractivity contribution in [3.63, 3.8) is 0 Å². The molecule has 6 nitrogen and oxygen atoms in total. The van der Waals surface area contributed by atoms with Crippen LogP contribution in [0, 0.1) is 0 Å². The van der Waals surface area contributed by atoms with Crippen molar-refractivity contribution in [3.8, 4) is 0 Å². The minimum Gasteiger partial charge on any atom is -0.469 e. The fourth-order valence-electron chi connectivity index (χ4n) is 1.44. The van der Waals surface area contributed by atoms with Crippen molar-refractivity contribution < 1.29 is 17.9 Å². The van der Waals surface area contributed by atoms with E-state index in [0.717, 1.165) is 9.20 Å². The standard InChI is InChI=1S/C13H20N2O4S2/c1-15(10-8-13(16)19-2)21(17,18)14-9-11-20-12-6-4-3-5-7-12/h3-7,14H,8-11H2,1-2H3. The van der Waals surface area contributed by atoms with Crippen LogP contribution < -0.4 is 4.72 Å². The van der Waals surface area contributed by atoms with Gasteiger partial charge in [0.1, 0.15) is 0 Å². The van der Waals surface area contributed by atoms with Crippen LogP contribution in [0.3, 0.4) is 0 Å². The van der Waals surface area contributed by atoms with E-state index in [9.17, 15) is 13.2 Å². The molecule has 1 aromatic carbocycles. The highest BCUT2D eigenvalue weighted by atomic mass is 32.2. The lowest BCUT2D eigenvalue weighted by molar-refractivity contribution is -0.140. The number of carbonyl (C=O) groups excluding carboxylic acids is 1. The molecule has 1 aromatic rings. The fraction of sp³-hybridized carbons (Fsp3) is 0.462. The zero-order valence-corrected chi connectivity index (χ0v) is 13.7. The molecule has 0 aliphatic carbocycles. The summed E-state index contributed by atoms with van der Waals surface area (Å²) in [4.78, 5) is 12.1. The van der Waals surface area contributed by atoms with Crippen molar-refractivity contribution in [1.82, 2.24) is 9.03 Å². The molecule has 0 fully saturated rings. The summed E-state index contributed by atoms with van der Waals surface area (Å²) in [5.41, 5.74) is 0. The predicted molar refractivity (Wildman–Crippen MR) is 83.4 cm³/mol. The first-order chi connectivity index (χ1) is 9.95. The van der Waals surface area contributed by atoms with Gasteiger partial charge in [0.2, 0.25) is 0 Å². The van der Waals surface area contributed by atoms with Gasteiger partial charge in [-0.2, -0.15) is 12.7 Å². The molecule has 8 heteroatoms. The Morgan fingerprint density at radius 1 is 1.33 bits per heavy atom. The number of nitrogens with one attached hydrogen (secondary N) is 1. The van der Waals surface area contributed by atoms with Gasteiger partial charge in [0.25, 0.3) is 10.2 Å². The number of ether oxygens (including phenoxy) is 1. The molecule has 0 saturated heterocycles. The minimum absolute atomic E-state index is 0.0344. The second-order valence-electron chi connectivity index (χ2n) is 4.21. The predicted octanol–water partition coefficient (Wildman–Crippen LogP) is 1.11. The van der Waals surface area contributed by atoms with Crippen molar-refractivity contribution in [1.29, 1.82) is 0 Å². The van der Waals surface area contributed by atoms with Crippen LogP contribution in [-0.2, 0) is 19.7 Å². The number of benzene rings is 1. The first kappa shape index (κ1) is 18.0. The molecule has 1 rings (SSSR count). The molecule has 0 aliphatic rings. The van der Waals surface area contributed by atoms with Crippen LogP contribution in [0.25, 0.3) is 0 Å². The van der Waals surface area contributed by atoms with Crippen LogP contribution >= 0.6 is 11.8 Å². The number of rotatable bonds is 9. The van der Waals surface area contributed by atoms with Gasteiger partial charge >= 0.3 is 5.97 Å². The highest BCUT2D eigenvalue weighted by molar-refractivity contribution is 7.99. The highest BCUT2D eigenvalue weighted by Crippen LogP contribution is 2.15. The first-order valence-electron chi connectivity index (χ1n) is 6.41. The van der Waals surface area contributed by atoms with Gasteiger partial charge in [0, 0.05) is 30.8 Å². The summed E-state index contributed by atoms with van der Waals surface area (Å²) < 4.78 is 31.9. The van der Waals surface area contributed by atoms with Gasteiger partial charge in [0.05, 0.1) is 13.5 Å². The largest absolute Gasteiger partial charge is 0.469 e. The molecule has 0 amide bonds. The lowest BCUT2D eigenvalue weighted by atomic mass is 10.4. The van der Waals surface area contributed by atoms with Gasteiger partial charge in [-0.15, -0.1) is 11.8 Å². The molecule has 1 N–H and O–H groups in total. The SMILES string of the molecule is COC(=O)CCN(C)S(=O)(=O)NCCSc1ccccc1. The average Bonchev–Trinajstić information content (AvgIpc) is 2.49. The number of thioether (sulfide) groups is 1. The second kappa shape index (κ2) is 9.04. The van der Waals surface area contributed by atoms with E-state index in [1.807, 2.05) is 30.3 Å². The lowest BCUT2D eigenvalue weighted by Gasteiger charge is -2.16. The quantitative estimate of drug-likeness (QED) is 0.416. The molecular weight excluding hydrogens is 312 g/mol. The molecule has 0 heterocycles. The maximum Gasteiger partial charge on any atom is 0.306 e. The van der Waals surface area contributed by atoms with Gasteiger partial charge in [-0.25, -0.2) is 4.72 Å². The van der Waals surface area contributed by atoms with Gasteiger partial charge < -0.3 is 4.74 Å². The Morgan fingerprint density at radius 3 is 2.62 bits per heavy atom. The summed E-state index contributed by atoms with van der Waals surface area (Å²) in [5, 5.41) is 0. The van der Waals surface area contributed by atoms with E-state index in [1.165, 1.54) is 14.2 Å². The van der Waals surface area contributed by atoms with E-state index < -0.39 is 16.2 Å². The molecule has 0 spiro atoms. The third kappa shape index (κ3) is 6.94. The number of nitrogens with zero attached hydrogens (tertiary/aromatic N) is 1. The van der Waals surface area contributed by atoms with E-state index in [0.29, 0.717) is 12.3 Å².